The van der Waals surface area contributed by atoms with Gasteiger partial charge in [0.25, 0.3) is 0 Å². The van der Waals surface area contributed by atoms with Crippen molar-refractivity contribution in [3.05, 3.63) is 59.2 Å². The molecule has 3 aromatic rings. The van der Waals surface area contributed by atoms with Gasteiger partial charge in [-0.15, -0.1) is 0 Å². The second kappa shape index (κ2) is 7.76. The van der Waals surface area contributed by atoms with Crippen molar-refractivity contribution in [3.63, 3.8) is 0 Å². The van der Waals surface area contributed by atoms with Crippen LogP contribution in [0.25, 0.3) is 10.9 Å². The molecule has 1 saturated heterocycles. The first-order valence-corrected chi connectivity index (χ1v) is 9.83. The highest BCUT2D eigenvalue weighted by Gasteiger charge is 2.26. The number of nitrogens with zero attached hydrogens (tertiary/aromatic N) is 2. The lowest BCUT2D eigenvalue weighted by Gasteiger charge is -2.21. The molecule has 1 aliphatic heterocycles. The predicted molar refractivity (Wildman–Crippen MR) is 113 cm³/mol. The third-order valence-corrected chi connectivity index (χ3v) is 5.60. The fraction of sp³-hybridized carbons (Fsp3) is 0.318. The van der Waals surface area contributed by atoms with E-state index in [1.165, 1.54) is 0 Å². The molecule has 1 aliphatic rings. The zero-order chi connectivity index (χ0) is 19.7. The van der Waals surface area contributed by atoms with Gasteiger partial charge in [0.05, 0.1) is 19.2 Å². The maximum absolute atomic E-state index is 12.7. The fourth-order valence-electron chi connectivity index (χ4n) is 4.03. The Kier molecular flexibility index (Phi) is 5.18. The summed E-state index contributed by atoms with van der Waals surface area (Å²) in [5.74, 6) is 0.855. The van der Waals surface area contributed by atoms with Crippen molar-refractivity contribution < 1.29 is 9.53 Å². The number of carbonyl (C=O) groups excluding carboxylic acids is 1. The number of ether oxygens (including phenoxy) is 1. The quantitative estimate of drug-likeness (QED) is 0.712. The first kappa shape index (κ1) is 18.7. The van der Waals surface area contributed by atoms with Crippen molar-refractivity contribution in [2.45, 2.75) is 18.9 Å². The maximum atomic E-state index is 12.7. The van der Waals surface area contributed by atoms with E-state index in [0.717, 1.165) is 47.4 Å². The van der Waals surface area contributed by atoms with E-state index in [1.807, 2.05) is 43.6 Å². The number of hydrogen-bond donors (Lipinski definition) is 1. The first-order chi connectivity index (χ1) is 13.5. The highest BCUT2D eigenvalue weighted by atomic mass is 35.5. The van der Waals surface area contributed by atoms with Gasteiger partial charge in [-0.05, 0) is 36.2 Å². The topological polar surface area (TPSA) is 46.5 Å². The number of nitrogens with one attached hydrogen (secondary N) is 1. The van der Waals surface area contributed by atoms with Crippen LogP contribution < -0.4 is 15.0 Å². The van der Waals surface area contributed by atoms with Gasteiger partial charge in [-0.2, -0.15) is 0 Å². The molecular weight excluding hydrogens is 374 g/mol. The van der Waals surface area contributed by atoms with Crippen molar-refractivity contribution in [1.82, 2.24) is 9.88 Å². The average molecular weight is 398 g/mol. The number of aryl methyl sites for hydroxylation is 1. The largest absolute Gasteiger partial charge is 0.495 e. The Balaban J connectivity index is 1.42. The van der Waals surface area contributed by atoms with Crippen molar-refractivity contribution in [1.29, 1.82) is 0 Å². The van der Waals surface area contributed by atoms with Gasteiger partial charge in [0.15, 0.2) is 0 Å². The number of carbonyl (C=O) groups is 1. The molecule has 6 heteroatoms. The highest BCUT2D eigenvalue weighted by Crippen LogP contribution is 2.33. The smallest absolute Gasteiger partial charge is 0.224 e. The lowest BCUT2D eigenvalue weighted by atomic mass is 10.1. The van der Waals surface area contributed by atoms with E-state index in [0.29, 0.717) is 11.4 Å². The molecule has 0 saturated carbocycles. The highest BCUT2D eigenvalue weighted by molar-refractivity contribution is 6.30. The molecule has 2 heterocycles. The van der Waals surface area contributed by atoms with Crippen molar-refractivity contribution >= 4 is 34.1 Å². The molecule has 1 aromatic heterocycles. The maximum Gasteiger partial charge on any atom is 0.224 e. The summed E-state index contributed by atoms with van der Waals surface area (Å²) in [4.78, 5) is 14.9. The molecule has 0 aliphatic carbocycles. The van der Waals surface area contributed by atoms with Crippen molar-refractivity contribution in [2.75, 3.05) is 25.1 Å². The van der Waals surface area contributed by atoms with Crippen LogP contribution in [0.15, 0.2) is 48.7 Å². The molecule has 0 spiro atoms. The number of benzene rings is 2. The number of para-hydroxylation sites is 1. The zero-order valence-electron chi connectivity index (χ0n) is 16.1. The Bertz CT molecular complexity index is 1010. The first-order valence-electron chi connectivity index (χ1n) is 9.46. The molecule has 2 aromatic carbocycles. The number of methoxy groups -OCH3 is 1. The van der Waals surface area contributed by atoms with Gasteiger partial charge in [-0.1, -0.05) is 29.8 Å². The van der Waals surface area contributed by atoms with E-state index in [4.69, 9.17) is 16.3 Å². The SMILES string of the molecule is COc1ccc(Cl)cc1N1CCC(NC(=O)Cc2cn(C)c3ccccc23)C1. The number of anilines is 1. The number of hydrogen-bond acceptors (Lipinski definition) is 3. The summed E-state index contributed by atoms with van der Waals surface area (Å²) < 4.78 is 7.53. The Morgan fingerprint density at radius 1 is 1.29 bits per heavy atom. The molecule has 0 bridgehead atoms. The van der Waals surface area contributed by atoms with Crippen LogP contribution in [0.3, 0.4) is 0 Å². The molecule has 146 valence electrons. The lowest BCUT2D eigenvalue weighted by Crippen LogP contribution is -2.38. The Morgan fingerprint density at radius 3 is 2.93 bits per heavy atom. The summed E-state index contributed by atoms with van der Waals surface area (Å²) >= 11 is 6.16. The third kappa shape index (κ3) is 3.67. The van der Waals surface area contributed by atoms with Crippen LogP contribution in [0.1, 0.15) is 12.0 Å². The molecule has 4 rings (SSSR count). The van der Waals surface area contributed by atoms with Crippen LogP contribution >= 0.6 is 11.6 Å². The van der Waals surface area contributed by atoms with Gasteiger partial charge < -0.3 is 19.5 Å². The minimum Gasteiger partial charge on any atom is -0.495 e. The summed E-state index contributed by atoms with van der Waals surface area (Å²) in [7, 11) is 3.67. The second-order valence-electron chi connectivity index (χ2n) is 7.27. The van der Waals surface area contributed by atoms with Crippen molar-refractivity contribution in [3.8, 4) is 5.75 Å². The number of fused-ring (bicyclic) bond motifs is 1. The second-order valence-corrected chi connectivity index (χ2v) is 7.71. The fourth-order valence-corrected chi connectivity index (χ4v) is 4.19. The van der Waals surface area contributed by atoms with E-state index < -0.39 is 0 Å². The van der Waals surface area contributed by atoms with Gasteiger partial charge in [-0.3, -0.25) is 4.79 Å². The van der Waals surface area contributed by atoms with Crippen LogP contribution in [0.2, 0.25) is 5.02 Å². The standard InChI is InChI=1S/C22H24ClN3O2/c1-25-13-15(18-5-3-4-6-19(18)25)11-22(27)24-17-9-10-26(14-17)20-12-16(23)7-8-21(20)28-2/h3-8,12-13,17H,9-11,14H2,1-2H3,(H,24,27). The molecule has 28 heavy (non-hydrogen) atoms. The van der Waals surface area contributed by atoms with E-state index in [9.17, 15) is 4.79 Å². The summed E-state index contributed by atoms with van der Waals surface area (Å²) in [6.07, 6.45) is 3.33. The molecule has 1 atom stereocenters. The van der Waals surface area contributed by atoms with E-state index in [1.54, 1.807) is 7.11 Å². The normalized spacial score (nSPS) is 16.5. The Hall–Kier alpha value is -2.66. The van der Waals surface area contributed by atoms with Crippen LogP contribution in [0.5, 0.6) is 5.75 Å². The number of halogens is 1. The predicted octanol–water partition coefficient (Wildman–Crippen LogP) is 3.78. The van der Waals surface area contributed by atoms with Gasteiger partial charge in [0.2, 0.25) is 5.91 Å². The Labute approximate surface area is 169 Å². The minimum absolute atomic E-state index is 0.0567. The molecule has 1 fully saturated rings. The number of amides is 1. The van der Waals surface area contributed by atoms with Gasteiger partial charge in [-0.25, -0.2) is 0 Å². The monoisotopic (exact) mass is 397 g/mol. The molecule has 1 N–H and O–H groups in total. The number of rotatable bonds is 5. The van der Waals surface area contributed by atoms with Crippen LogP contribution in [0.4, 0.5) is 5.69 Å². The third-order valence-electron chi connectivity index (χ3n) is 5.37. The molecule has 5 nitrogen and oxygen atoms in total. The van der Waals surface area contributed by atoms with Gasteiger partial charge in [0.1, 0.15) is 5.75 Å². The van der Waals surface area contributed by atoms with Crippen molar-refractivity contribution in [2.24, 2.45) is 7.05 Å². The Morgan fingerprint density at radius 2 is 2.11 bits per heavy atom. The van der Waals surface area contributed by atoms with E-state index in [2.05, 4.69) is 26.9 Å². The van der Waals surface area contributed by atoms with Crippen LogP contribution in [-0.2, 0) is 18.3 Å². The lowest BCUT2D eigenvalue weighted by molar-refractivity contribution is -0.121. The van der Waals surface area contributed by atoms with E-state index in [-0.39, 0.29) is 11.9 Å². The minimum atomic E-state index is 0.0567. The van der Waals surface area contributed by atoms with Gasteiger partial charge >= 0.3 is 0 Å². The van der Waals surface area contributed by atoms with E-state index >= 15 is 0 Å². The molecule has 0 radical (unpaired) electrons. The average Bonchev–Trinajstić information content (AvgIpc) is 3.27. The zero-order valence-corrected chi connectivity index (χ0v) is 16.9. The number of aromatic nitrogens is 1. The summed E-state index contributed by atoms with van der Waals surface area (Å²) in [5.41, 5.74) is 3.17. The van der Waals surface area contributed by atoms with Crippen LogP contribution in [0, 0.1) is 0 Å². The molecule has 1 unspecified atom stereocenters. The molecular formula is C22H24ClN3O2. The summed E-state index contributed by atoms with van der Waals surface area (Å²) in [6.45, 7) is 1.61. The van der Waals surface area contributed by atoms with Crippen LogP contribution in [-0.4, -0.2) is 36.7 Å². The summed E-state index contributed by atoms with van der Waals surface area (Å²) in [5, 5.41) is 5.01. The van der Waals surface area contributed by atoms with Gasteiger partial charge in [0, 0.05) is 48.3 Å². The molecule has 1 amide bonds. The summed E-state index contributed by atoms with van der Waals surface area (Å²) in [6, 6.07) is 13.9.